The van der Waals surface area contributed by atoms with Crippen LogP contribution in [-0.2, 0) is 17.8 Å². The van der Waals surface area contributed by atoms with E-state index in [9.17, 15) is 4.79 Å². The van der Waals surface area contributed by atoms with Gasteiger partial charge >= 0.3 is 0 Å². The summed E-state index contributed by atoms with van der Waals surface area (Å²) in [5, 5.41) is 5.34. The Morgan fingerprint density at radius 2 is 2.00 bits per heavy atom. The van der Waals surface area contributed by atoms with Crippen molar-refractivity contribution in [2.45, 2.75) is 31.8 Å². The lowest BCUT2D eigenvalue weighted by Crippen LogP contribution is -3.14. The summed E-state index contributed by atoms with van der Waals surface area (Å²) < 4.78 is 0. The molecule has 5 heteroatoms. The number of anilines is 1. The second-order valence-electron chi connectivity index (χ2n) is 7.79. The fourth-order valence-electron chi connectivity index (χ4n) is 4.08. The standard InChI is InChI=1S/C21H27N3OS/c1-23(2)17-7-3-15(4-8-17)13-22-20(25)14-24-11-9-19-18(10-12-26-19)21(24)16-5-6-16/h3-4,7-8,10,12,16,21H,5-6,9,11,13-14H2,1-2H3,(H,22,25)/p+1/t21-/m0/s1. The average molecular weight is 371 g/mol. The Morgan fingerprint density at radius 1 is 1.23 bits per heavy atom. The molecule has 2 aliphatic rings. The van der Waals surface area contributed by atoms with Crippen molar-refractivity contribution in [3.8, 4) is 0 Å². The summed E-state index contributed by atoms with van der Waals surface area (Å²) in [5.41, 5.74) is 3.85. The molecule has 1 fully saturated rings. The minimum Gasteiger partial charge on any atom is -0.378 e. The van der Waals surface area contributed by atoms with Crippen molar-refractivity contribution in [2.24, 2.45) is 5.92 Å². The van der Waals surface area contributed by atoms with E-state index in [0.717, 1.165) is 24.4 Å². The Labute approximate surface area is 159 Å². The zero-order chi connectivity index (χ0) is 18.1. The third-order valence-electron chi connectivity index (χ3n) is 5.65. The number of carbonyl (C=O) groups excluding carboxylic acids is 1. The summed E-state index contributed by atoms with van der Waals surface area (Å²) in [6.07, 6.45) is 3.76. The molecule has 1 aliphatic heterocycles. The number of fused-ring (bicyclic) bond motifs is 1. The highest BCUT2D eigenvalue weighted by molar-refractivity contribution is 7.10. The van der Waals surface area contributed by atoms with Crippen LogP contribution in [0.2, 0.25) is 0 Å². The zero-order valence-corrected chi connectivity index (χ0v) is 16.4. The first-order valence-corrected chi connectivity index (χ1v) is 10.4. The van der Waals surface area contributed by atoms with Gasteiger partial charge in [-0.25, -0.2) is 0 Å². The molecule has 26 heavy (non-hydrogen) atoms. The van der Waals surface area contributed by atoms with E-state index >= 15 is 0 Å². The Bertz CT molecular complexity index is 764. The number of hydrogen-bond donors (Lipinski definition) is 2. The van der Waals surface area contributed by atoms with Crippen molar-refractivity contribution in [2.75, 3.05) is 32.1 Å². The molecule has 2 aromatic rings. The van der Waals surface area contributed by atoms with Gasteiger partial charge in [-0.15, -0.1) is 11.3 Å². The molecule has 2 heterocycles. The van der Waals surface area contributed by atoms with Crippen molar-refractivity contribution in [3.63, 3.8) is 0 Å². The van der Waals surface area contributed by atoms with E-state index in [2.05, 4.69) is 45.9 Å². The largest absolute Gasteiger partial charge is 0.378 e. The first-order chi connectivity index (χ1) is 12.6. The van der Waals surface area contributed by atoms with Crippen LogP contribution in [0, 0.1) is 5.92 Å². The van der Waals surface area contributed by atoms with Crippen LogP contribution in [0.1, 0.15) is 34.9 Å². The fourth-order valence-corrected chi connectivity index (χ4v) is 5.01. The van der Waals surface area contributed by atoms with E-state index < -0.39 is 0 Å². The highest BCUT2D eigenvalue weighted by atomic mass is 32.1. The van der Waals surface area contributed by atoms with Crippen molar-refractivity contribution < 1.29 is 9.69 Å². The van der Waals surface area contributed by atoms with Crippen LogP contribution in [0.15, 0.2) is 35.7 Å². The van der Waals surface area contributed by atoms with Gasteiger partial charge in [-0.1, -0.05) is 12.1 Å². The molecule has 2 N–H and O–H groups in total. The first-order valence-electron chi connectivity index (χ1n) is 9.55. The van der Waals surface area contributed by atoms with Crippen LogP contribution in [0.4, 0.5) is 5.69 Å². The molecule has 1 aromatic heterocycles. The van der Waals surface area contributed by atoms with Crippen LogP contribution in [0.3, 0.4) is 0 Å². The summed E-state index contributed by atoms with van der Waals surface area (Å²) in [6, 6.07) is 11.2. The number of amides is 1. The van der Waals surface area contributed by atoms with Crippen LogP contribution >= 0.6 is 11.3 Å². The SMILES string of the molecule is CN(C)c1ccc(CNC(=O)C[NH+]2CCc3sccc3[C@@H]2C2CC2)cc1. The molecule has 1 unspecified atom stereocenters. The van der Waals surface area contributed by atoms with Crippen molar-refractivity contribution in [1.29, 1.82) is 0 Å². The first kappa shape index (κ1) is 17.6. The number of nitrogens with zero attached hydrogens (tertiary/aromatic N) is 1. The minimum atomic E-state index is 0.168. The summed E-state index contributed by atoms with van der Waals surface area (Å²) in [6.45, 7) is 2.28. The van der Waals surface area contributed by atoms with E-state index in [4.69, 9.17) is 0 Å². The van der Waals surface area contributed by atoms with Crippen LogP contribution in [0.25, 0.3) is 0 Å². The van der Waals surface area contributed by atoms with Gasteiger partial charge in [0.1, 0.15) is 6.04 Å². The number of quaternary nitrogens is 1. The van der Waals surface area contributed by atoms with Gasteiger partial charge in [-0.2, -0.15) is 0 Å². The van der Waals surface area contributed by atoms with Gasteiger partial charge in [0.25, 0.3) is 5.91 Å². The molecule has 1 aromatic carbocycles. The molecular weight excluding hydrogens is 342 g/mol. The Kier molecular flexibility index (Phi) is 5.00. The lowest BCUT2D eigenvalue weighted by molar-refractivity contribution is -0.928. The Balaban J connectivity index is 1.34. The second kappa shape index (κ2) is 7.41. The molecule has 1 aliphatic carbocycles. The molecule has 0 spiro atoms. The maximum Gasteiger partial charge on any atom is 0.275 e. The monoisotopic (exact) mass is 370 g/mol. The van der Waals surface area contributed by atoms with Gasteiger partial charge in [-0.05, 0) is 42.0 Å². The molecule has 2 atom stereocenters. The number of carbonyl (C=O) groups is 1. The Morgan fingerprint density at radius 3 is 2.69 bits per heavy atom. The summed E-state index contributed by atoms with van der Waals surface area (Å²) >= 11 is 1.89. The molecule has 1 amide bonds. The predicted octanol–water partition coefficient (Wildman–Crippen LogP) is 2.02. The summed E-state index contributed by atoms with van der Waals surface area (Å²) in [5.74, 6) is 0.950. The predicted molar refractivity (Wildman–Crippen MR) is 107 cm³/mol. The molecular formula is C21H28N3OS+. The third kappa shape index (κ3) is 3.79. The second-order valence-corrected chi connectivity index (χ2v) is 8.79. The van der Waals surface area contributed by atoms with E-state index in [0.29, 0.717) is 19.1 Å². The van der Waals surface area contributed by atoms with E-state index in [1.54, 1.807) is 4.88 Å². The molecule has 1 saturated carbocycles. The van der Waals surface area contributed by atoms with E-state index in [-0.39, 0.29) is 5.91 Å². The quantitative estimate of drug-likeness (QED) is 0.816. The van der Waals surface area contributed by atoms with Gasteiger partial charge in [0.15, 0.2) is 6.54 Å². The highest BCUT2D eigenvalue weighted by Gasteiger charge is 2.43. The number of rotatable bonds is 6. The summed E-state index contributed by atoms with van der Waals surface area (Å²) in [4.78, 5) is 17.6. The number of benzene rings is 1. The van der Waals surface area contributed by atoms with Crippen LogP contribution < -0.4 is 15.1 Å². The van der Waals surface area contributed by atoms with Crippen molar-refractivity contribution in [1.82, 2.24) is 5.32 Å². The van der Waals surface area contributed by atoms with Gasteiger partial charge in [0, 0.05) is 49.1 Å². The molecule has 138 valence electrons. The molecule has 4 nitrogen and oxygen atoms in total. The van der Waals surface area contributed by atoms with Crippen molar-refractivity contribution in [3.05, 3.63) is 51.7 Å². The molecule has 0 radical (unpaired) electrons. The third-order valence-corrected chi connectivity index (χ3v) is 6.65. The lowest BCUT2D eigenvalue weighted by atomic mass is 9.96. The maximum atomic E-state index is 12.6. The van der Waals surface area contributed by atoms with Crippen LogP contribution in [-0.4, -0.2) is 33.1 Å². The number of hydrogen-bond acceptors (Lipinski definition) is 3. The normalized spacial score (nSPS) is 21.9. The zero-order valence-electron chi connectivity index (χ0n) is 15.6. The van der Waals surface area contributed by atoms with Gasteiger partial charge < -0.3 is 15.1 Å². The lowest BCUT2D eigenvalue weighted by Gasteiger charge is -2.32. The summed E-state index contributed by atoms with van der Waals surface area (Å²) in [7, 11) is 4.07. The highest BCUT2D eigenvalue weighted by Crippen LogP contribution is 2.42. The fraction of sp³-hybridized carbons (Fsp3) is 0.476. The van der Waals surface area contributed by atoms with Gasteiger partial charge in [-0.3, -0.25) is 4.79 Å². The smallest absolute Gasteiger partial charge is 0.275 e. The van der Waals surface area contributed by atoms with E-state index in [1.807, 2.05) is 25.4 Å². The number of thiophene rings is 1. The Hall–Kier alpha value is -1.85. The van der Waals surface area contributed by atoms with Crippen molar-refractivity contribution >= 4 is 22.9 Å². The molecule has 4 rings (SSSR count). The average Bonchev–Trinajstić information content (AvgIpc) is 3.36. The molecule has 0 saturated heterocycles. The van der Waals surface area contributed by atoms with E-state index in [1.165, 1.54) is 29.0 Å². The minimum absolute atomic E-state index is 0.168. The van der Waals surface area contributed by atoms with Crippen LogP contribution in [0.5, 0.6) is 0 Å². The number of nitrogens with one attached hydrogen (secondary N) is 2. The molecule has 0 bridgehead atoms. The topological polar surface area (TPSA) is 36.8 Å². The van der Waals surface area contributed by atoms with Gasteiger partial charge in [0.2, 0.25) is 0 Å². The maximum absolute atomic E-state index is 12.6. The van der Waals surface area contributed by atoms with Gasteiger partial charge in [0.05, 0.1) is 6.54 Å².